The first-order chi connectivity index (χ1) is 11.5. The van der Waals surface area contributed by atoms with Crippen molar-refractivity contribution in [2.24, 2.45) is 5.92 Å². The van der Waals surface area contributed by atoms with E-state index in [9.17, 15) is 14.7 Å². The van der Waals surface area contributed by atoms with Crippen LogP contribution >= 0.6 is 0 Å². The number of aliphatic hydroxyl groups is 1. The number of para-hydroxylation sites is 1. The Morgan fingerprint density at radius 1 is 1.25 bits per heavy atom. The lowest BCUT2D eigenvalue weighted by Gasteiger charge is -2.33. The molecule has 3 rings (SSSR count). The fourth-order valence-corrected chi connectivity index (χ4v) is 3.90. The summed E-state index contributed by atoms with van der Waals surface area (Å²) in [6.45, 7) is 3.16. The number of likely N-dealkylation sites (N-methyl/N-ethyl adjacent to an activating group) is 1. The number of carbonyl (C=O) groups is 2. The maximum Gasteiger partial charge on any atom is 0.316 e. The summed E-state index contributed by atoms with van der Waals surface area (Å²) in [6.07, 6.45) is 3.20. The van der Waals surface area contributed by atoms with Gasteiger partial charge in [0.05, 0.1) is 6.10 Å². The predicted octanol–water partition coefficient (Wildman–Crippen LogP) is 2.15. The molecule has 5 heteroatoms. The number of benzene rings is 1. The highest BCUT2D eigenvalue weighted by Crippen LogP contribution is 2.35. The van der Waals surface area contributed by atoms with Crippen molar-refractivity contribution in [3.8, 4) is 0 Å². The summed E-state index contributed by atoms with van der Waals surface area (Å²) < 4.78 is 0. The van der Waals surface area contributed by atoms with Crippen molar-refractivity contribution < 1.29 is 14.7 Å². The normalized spacial score (nSPS) is 26.1. The largest absolute Gasteiger partial charge is 0.393 e. The first-order valence-electron chi connectivity index (χ1n) is 8.83. The Kier molecular flexibility index (Phi) is 4.90. The topological polar surface area (TPSA) is 60.9 Å². The number of nitrogens with zero attached hydrogens (tertiary/aromatic N) is 2. The molecule has 1 saturated carbocycles. The van der Waals surface area contributed by atoms with E-state index >= 15 is 0 Å². The van der Waals surface area contributed by atoms with Crippen molar-refractivity contribution >= 4 is 17.5 Å². The number of rotatable bonds is 2. The minimum absolute atomic E-state index is 0.0837. The molecule has 0 radical (unpaired) electrons. The van der Waals surface area contributed by atoms with E-state index in [0.29, 0.717) is 19.0 Å². The molecule has 3 atom stereocenters. The molecular formula is C19H26N2O3. The number of hydrogen-bond acceptors (Lipinski definition) is 3. The first-order valence-corrected chi connectivity index (χ1v) is 8.83. The summed E-state index contributed by atoms with van der Waals surface area (Å²) in [5, 5.41) is 9.93. The van der Waals surface area contributed by atoms with E-state index in [0.717, 1.165) is 36.9 Å². The van der Waals surface area contributed by atoms with E-state index in [1.54, 1.807) is 11.9 Å². The van der Waals surface area contributed by atoms with E-state index in [1.165, 1.54) is 4.90 Å². The van der Waals surface area contributed by atoms with Gasteiger partial charge in [-0.2, -0.15) is 0 Å². The van der Waals surface area contributed by atoms with Crippen LogP contribution in [0.2, 0.25) is 0 Å². The monoisotopic (exact) mass is 330 g/mol. The standard InChI is InChI=1S/C19H26N2O3/c1-13-10-11-21(16-8-4-3-7-15(13)16)19(24)18(23)20(2)12-14-6-5-9-17(14)22/h3-4,7-8,13-14,17,22H,5-6,9-12H2,1-2H3. The Bertz CT molecular complexity index is 631. The maximum atomic E-state index is 12.7. The second-order valence-electron chi connectivity index (χ2n) is 7.15. The molecule has 1 N–H and O–H groups in total. The molecule has 1 heterocycles. The van der Waals surface area contributed by atoms with E-state index in [-0.39, 0.29) is 12.0 Å². The zero-order chi connectivity index (χ0) is 17.3. The summed E-state index contributed by atoms with van der Waals surface area (Å²) in [6, 6.07) is 7.82. The van der Waals surface area contributed by atoms with Crippen molar-refractivity contribution in [2.75, 3.05) is 25.0 Å². The van der Waals surface area contributed by atoms with Crippen LogP contribution in [0.1, 0.15) is 44.1 Å². The summed E-state index contributed by atoms with van der Waals surface area (Å²) in [7, 11) is 1.66. The lowest BCUT2D eigenvalue weighted by Crippen LogP contribution is -2.47. The zero-order valence-electron chi connectivity index (χ0n) is 14.4. The molecule has 1 aliphatic carbocycles. The van der Waals surface area contributed by atoms with Crippen molar-refractivity contribution in [3.05, 3.63) is 29.8 Å². The Hall–Kier alpha value is -1.88. The fraction of sp³-hybridized carbons (Fsp3) is 0.579. The van der Waals surface area contributed by atoms with E-state index < -0.39 is 11.8 Å². The van der Waals surface area contributed by atoms with Gasteiger partial charge in [-0.1, -0.05) is 31.5 Å². The molecule has 130 valence electrons. The SMILES string of the molecule is CC1CCN(C(=O)C(=O)N(C)CC2CCCC2O)c2ccccc21. The molecule has 24 heavy (non-hydrogen) atoms. The van der Waals surface area contributed by atoms with Crippen LogP contribution in [0.25, 0.3) is 0 Å². The third kappa shape index (κ3) is 3.18. The van der Waals surface area contributed by atoms with E-state index in [1.807, 2.05) is 24.3 Å². The summed E-state index contributed by atoms with van der Waals surface area (Å²) >= 11 is 0. The quantitative estimate of drug-likeness (QED) is 0.845. The van der Waals surface area contributed by atoms with Gasteiger partial charge < -0.3 is 14.9 Å². The average molecular weight is 330 g/mol. The Balaban J connectivity index is 1.72. The Morgan fingerprint density at radius 2 is 2.00 bits per heavy atom. The highest BCUT2D eigenvalue weighted by Gasteiger charge is 2.33. The molecule has 3 unspecified atom stereocenters. The molecule has 0 spiro atoms. The second kappa shape index (κ2) is 6.93. The van der Waals surface area contributed by atoms with Crippen molar-refractivity contribution in [2.45, 2.75) is 44.6 Å². The number of amides is 2. The van der Waals surface area contributed by atoms with Crippen LogP contribution in [0, 0.1) is 5.92 Å². The molecule has 5 nitrogen and oxygen atoms in total. The third-order valence-corrected chi connectivity index (χ3v) is 5.45. The number of aliphatic hydroxyl groups excluding tert-OH is 1. The van der Waals surface area contributed by atoms with Crippen molar-refractivity contribution in [1.82, 2.24) is 4.90 Å². The van der Waals surface area contributed by atoms with Crippen LogP contribution < -0.4 is 4.90 Å². The minimum atomic E-state index is -0.488. The summed E-state index contributed by atoms with van der Waals surface area (Å²) in [4.78, 5) is 28.4. The van der Waals surface area contributed by atoms with Crippen LogP contribution in [0.15, 0.2) is 24.3 Å². The molecule has 1 aliphatic heterocycles. The minimum Gasteiger partial charge on any atom is -0.393 e. The Labute approximate surface area is 143 Å². The lowest BCUT2D eigenvalue weighted by molar-refractivity contribution is -0.144. The fourth-order valence-electron chi connectivity index (χ4n) is 3.90. The molecule has 1 aromatic carbocycles. The number of hydrogen-bond donors (Lipinski definition) is 1. The predicted molar refractivity (Wildman–Crippen MR) is 92.8 cm³/mol. The molecule has 0 bridgehead atoms. The van der Waals surface area contributed by atoms with Gasteiger partial charge in [-0.15, -0.1) is 0 Å². The zero-order valence-corrected chi connectivity index (χ0v) is 14.4. The van der Waals surface area contributed by atoms with Crippen LogP contribution in [0.5, 0.6) is 0 Å². The maximum absolute atomic E-state index is 12.7. The summed E-state index contributed by atoms with van der Waals surface area (Å²) in [5.41, 5.74) is 1.97. The number of carbonyl (C=O) groups excluding carboxylic acids is 2. The molecule has 2 aliphatic rings. The van der Waals surface area contributed by atoms with E-state index in [4.69, 9.17) is 0 Å². The molecular weight excluding hydrogens is 304 g/mol. The number of anilines is 1. The van der Waals surface area contributed by atoms with Crippen molar-refractivity contribution in [3.63, 3.8) is 0 Å². The lowest BCUT2D eigenvalue weighted by atomic mass is 9.91. The van der Waals surface area contributed by atoms with Gasteiger partial charge in [-0.25, -0.2) is 0 Å². The van der Waals surface area contributed by atoms with Crippen LogP contribution in [0.4, 0.5) is 5.69 Å². The Morgan fingerprint density at radius 3 is 2.71 bits per heavy atom. The first kappa shape index (κ1) is 17.0. The smallest absolute Gasteiger partial charge is 0.316 e. The van der Waals surface area contributed by atoms with Gasteiger partial charge in [-0.05, 0) is 36.8 Å². The van der Waals surface area contributed by atoms with Crippen LogP contribution in [-0.2, 0) is 9.59 Å². The van der Waals surface area contributed by atoms with Crippen LogP contribution in [-0.4, -0.2) is 48.1 Å². The number of fused-ring (bicyclic) bond motifs is 1. The average Bonchev–Trinajstić information content (AvgIpc) is 2.99. The van der Waals surface area contributed by atoms with Gasteiger partial charge in [0.15, 0.2) is 0 Å². The molecule has 0 saturated heterocycles. The third-order valence-electron chi connectivity index (χ3n) is 5.45. The second-order valence-corrected chi connectivity index (χ2v) is 7.15. The van der Waals surface area contributed by atoms with Gasteiger partial charge in [0, 0.05) is 31.7 Å². The molecule has 1 aromatic rings. The van der Waals surface area contributed by atoms with Gasteiger partial charge in [0.1, 0.15) is 0 Å². The van der Waals surface area contributed by atoms with Gasteiger partial charge >= 0.3 is 11.8 Å². The van der Waals surface area contributed by atoms with Crippen LogP contribution in [0.3, 0.4) is 0 Å². The summed E-state index contributed by atoms with van der Waals surface area (Å²) in [5.74, 6) is -0.477. The van der Waals surface area contributed by atoms with Crippen molar-refractivity contribution in [1.29, 1.82) is 0 Å². The molecule has 0 aromatic heterocycles. The van der Waals surface area contributed by atoms with Gasteiger partial charge in [0.25, 0.3) is 0 Å². The highest BCUT2D eigenvalue weighted by molar-refractivity contribution is 6.40. The van der Waals surface area contributed by atoms with E-state index in [2.05, 4.69) is 6.92 Å². The molecule has 1 fully saturated rings. The molecule has 2 amide bonds. The van der Waals surface area contributed by atoms with Gasteiger partial charge in [0.2, 0.25) is 0 Å². The highest BCUT2D eigenvalue weighted by atomic mass is 16.3. The van der Waals surface area contributed by atoms with Gasteiger partial charge in [-0.3, -0.25) is 9.59 Å².